The zero-order valence-electron chi connectivity index (χ0n) is 15.2. The van der Waals surface area contributed by atoms with Crippen molar-refractivity contribution in [1.29, 1.82) is 0 Å². The Bertz CT molecular complexity index is 664. The molecular weight excluding hydrogens is 312 g/mol. The lowest BCUT2D eigenvalue weighted by atomic mass is 10.1. The highest BCUT2D eigenvalue weighted by molar-refractivity contribution is 5.58. The Morgan fingerprint density at radius 1 is 1.00 bits per heavy atom. The molecule has 1 atom stereocenters. The Kier molecular flexibility index (Phi) is 5.95. The summed E-state index contributed by atoms with van der Waals surface area (Å²) >= 11 is 0. The molecule has 2 aromatic rings. The maximum atomic E-state index is 10.5. The first-order chi connectivity index (χ1) is 12.2. The molecule has 4 heteroatoms. The number of aryl methyl sites for hydroxylation is 1. The number of hydrogen-bond donors (Lipinski definition) is 1. The highest BCUT2D eigenvalue weighted by Crippen LogP contribution is 2.28. The van der Waals surface area contributed by atoms with Gasteiger partial charge in [-0.05, 0) is 29.7 Å². The van der Waals surface area contributed by atoms with E-state index in [1.165, 1.54) is 5.56 Å². The number of piperazine rings is 1. The highest BCUT2D eigenvalue weighted by atomic mass is 16.5. The van der Waals surface area contributed by atoms with Crippen LogP contribution in [0.15, 0.2) is 48.5 Å². The Morgan fingerprint density at radius 3 is 2.32 bits per heavy atom. The van der Waals surface area contributed by atoms with Gasteiger partial charge in [0.05, 0.1) is 18.9 Å². The molecule has 1 N–H and O–H groups in total. The molecule has 1 aliphatic rings. The molecule has 0 aromatic heterocycles. The lowest BCUT2D eigenvalue weighted by Crippen LogP contribution is -2.47. The predicted octanol–water partition coefficient (Wildman–Crippen LogP) is 3.11. The summed E-state index contributed by atoms with van der Waals surface area (Å²) in [5.74, 6) is 0.923. The minimum absolute atomic E-state index is 0.427. The largest absolute Gasteiger partial charge is 0.495 e. The van der Waals surface area contributed by atoms with Crippen molar-refractivity contribution < 1.29 is 9.84 Å². The van der Waals surface area contributed by atoms with Gasteiger partial charge in [-0.3, -0.25) is 4.90 Å². The van der Waals surface area contributed by atoms with Crippen LogP contribution in [0.4, 0.5) is 5.69 Å². The van der Waals surface area contributed by atoms with Crippen molar-refractivity contribution >= 4 is 5.69 Å². The Labute approximate surface area is 150 Å². The van der Waals surface area contributed by atoms with Crippen molar-refractivity contribution in [3.8, 4) is 5.75 Å². The van der Waals surface area contributed by atoms with Crippen LogP contribution < -0.4 is 9.64 Å². The van der Waals surface area contributed by atoms with Crippen LogP contribution in [0, 0.1) is 0 Å². The van der Waals surface area contributed by atoms with E-state index in [1.54, 1.807) is 7.11 Å². The molecule has 1 heterocycles. The van der Waals surface area contributed by atoms with Gasteiger partial charge in [0.2, 0.25) is 0 Å². The predicted molar refractivity (Wildman–Crippen MR) is 102 cm³/mol. The third-order valence-electron chi connectivity index (χ3n) is 5.00. The number of anilines is 1. The molecule has 2 aromatic carbocycles. The number of ether oxygens (including phenoxy) is 1. The summed E-state index contributed by atoms with van der Waals surface area (Å²) in [5.41, 5.74) is 3.46. The fourth-order valence-electron chi connectivity index (χ4n) is 3.39. The second-order valence-corrected chi connectivity index (χ2v) is 6.57. The van der Waals surface area contributed by atoms with Crippen molar-refractivity contribution in [2.75, 3.05) is 44.7 Å². The van der Waals surface area contributed by atoms with E-state index in [4.69, 9.17) is 4.74 Å². The van der Waals surface area contributed by atoms with Crippen LogP contribution in [0.5, 0.6) is 5.75 Å². The quantitative estimate of drug-likeness (QED) is 0.876. The molecule has 4 nitrogen and oxygen atoms in total. The fraction of sp³-hybridized carbons (Fsp3) is 0.429. The van der Waals surface area contributed by atoms with E-state index in [0.29, 0.717) is 6.54 Å². The fourth-order valence-corrected chi connectivity index (χ4v) is 3.39. The van der Waals surface area contributed by atoms with Crippen LogP contribution >= 0.6 is 0 Å². The summed E-state index contributed by atoms with van der Waals surface area (Å²) in [4.78, 5) is 4.70. The van der Waals surface area contributed by atoms with Gasteiger partial charge in [-0.25, -0.2) is 0 Å². The second kappa shape index (κ2) is 8.37. The Morgan fingerprint density at radius 2 is 1.68 bits per heavy atom. The summed E-state index contributed by atoms with van der Waals surface area (Å²) < 4.78 is 5.47. The third kappa shape index (κ3) is 4.33. The monoisotopic (exact) mass is 340 g/mol. The molecule has 0 amide bonds. The maximum Gasteiger partial charge on any atom is 0.142 e. The average Bonchev–Trinajstić information content (AvgIpc) is 2.68. The molecular formula is C21H28N2O2. The normalized spacial score (nSPS) is 16.7. The molecule has 1 fully saturated rings. The first-order valence-corrected chi connectivity index (χ1v) is 9.08. The zero-order valence-corrected chi connectivity index (χ0v) is 15.2. The molecule has 0 aliphatic carbocycles. The topological polar surface area (TPSA) is 35.9 Å². The van der Waals surface area contributed by atoms with E-state index < -0.39 is 6.10 Å². The Hall–Kier alpha value is -2.04. The molecule has 1 saturated heterocycles. The van der Waals surface area contributed by atoms with Gasteiger partial charge in [0, 0.05) is 32.7 Å². The lowest BCUT2D eigenvalue weighted by Gasteiger charge is -2.37. The highest BCUT2D eigenvalue weighted by Gasteiger charge is 2.21. The van der Waals surface area contributed by atoms with Gasteiger partial charge in [0.1, 0.15) is 5.75 Å². The summed E-state index contributed by atoms with van der Waals surface area (Å²) in [5, 5.41) is 10.5. The van der Waals surface area contributed by atoms with E-state index in [0.717, 1.165) is 49.6 Å². The van der Waals surface area contributed by atoms with Crippen LogP contribution in [0.25, 0.3) is 0 Å². The summed E-state index contributed by atoms with van der Waals surface area (Å²) in [6.07, 6.45) is 0.602. The molecule has 0 radical (unpaired) electrons. The van der Waals surface area contributed by atoms with Crippen LogP contribution in [0.3, 0.4) is 0 Å². The zero-order chi connectivity index (χ0) is 17.6. The summed E-state index contributed by atoms with van der Waals surface area (Å²) in [6, 6.07) is 16.5. The van der Waals surface area contributed by atoms with E-state index in [-0.39, 0.29) is 0 Å². The van der Waals surface area contributed by atoms with Gasteiger partial charge < -0.3 is 14.7 Å². The number of hydrogen-bond acceptors (Lipinski definition) is 4. The molecule has 0 bridgehead atoms. The number of aliphatic hydroxyl groups excluding tert-OH is 1. The second-order valence-electron chi connectivity index (χ2n) is 6.57. The molecule has 25 heavy (non-hydrogen) atoms. The minimum atomic E-state index is -0.427. The van der Waals surface area contributed by atoms with Crippen LogP contribution in [0.1, 0.15) is 24.2 Å². The number of aliphatic hydroxyl groups is 1. The third-order valence-corrected chi connectivity index (χ3v) is 5.00. The number of rotatable bonds is 6. The van der Waals surface area contributed by atoms with E-state index in [2.05, 4.69) is 47.1 Å². The van der Waals surface area contributed by atoms with Crippen molar-refractivity contribution in [3.05, 3.63) is 59.7 Å². The van der Waals surface area contributed by atoms with E-state index in [9.17, 15) is 5.11 Å². The van der Waals surface area contributed by atoms with Gasteiger partial charge in [-0.2, -0.15) is 0 Å². The van der Waals surface area contributed by atoms with Gasteiger partial charge in [-0.15, -0.1) is 0 Å². The van der Waals surface area contributed by atoms with Crippen molar-refractivity contribution in [2.45, 2.75) is 19.4 Å². The van der Waals surface area contributed by atoms with Gasteiger partial charge in [0.25, 0.3) is 0 Å². The SMILES string of the molecule is CCc1ccc([C@@H](O)CN2CCN(c3ccccc3OC)CC2)cc1. The number of methoxy groups -OCH3 is 1. The van der Waals surface area contributed by atoms with E-state index in [1.807, 2.05) is 18.2 Å². The standard InChI is InChI=1S/C21H28N2O2/c1-3-17-8-10-18(11-9-17)20(24)16-22-12-14-23(15-13-22)19-6-4-5-7-21(19)25-2/h4-11,20,24H,3,12-16H2,1-2H3/t20-/m0/s1. The van der Waals surface area contributed by atoms with Crippen molar-refractivity contribution in [2.24, 2.45) is 0 Å². The van der Waals surface area contributed by atoms with Crippen LogP contribution in [-0.4, -0.2) is 49.8 Å². The first-order valence-electron chi connectivity index (χ1n) is 9.08. The maximum absolute atomic E-state index is 10.5. The Balaban J connectivity index is 1.55. The van der Waals surface area contributed by atoms with Crippen molar-refractivity contribution in [3.63, 3.8) is 0 Å². The summed E-state index contributed by atoms with van der Waals surface area (Å²) in [6.45, 7) is 6.62. The number of nitrogens with zero attached hydrogens (tertiary/aromatic N) is 2. The molecule has 0 saturated carbocycles. The molecule has 3 rings (SSSR count). The van der Waals surface area contributed by atoms with Gasteiger partial charge in [0.15, 0.2) is 0 Å². The van der Waals surface area contributed by atoms with Crippen LogP contribution in [0.2, 0.25) is 0 Å². The number of benzene rings is 2. The van der Waals surface area contributed by atoms with Gasteiger partial charge in [-0.1, -0.05) is 43.3 Å². The molecule has 1 aliphatic heterocycles. The van der Waals surface area contributed by atoms with Crippen molar-refractivity contribution in [1.82, 2.24) is 4.90 Å². The lowest BCUT2D eigenvalue weighted by molar-refractivity contribution is 0.109. The summed E-state index contributed by atoms with van der Waals surface area (Å²) in [7, 11) is 1.72. The van der Waals surface area contributed by atoms with E-state index >= 15 is 0 Å². The first kappa shape index (κ1) is 17.8. The van der Waals surface area contributed by atoms with Gasteiger partial charge >= 0.3 is 0 Å². The molecule has 0 spiro atoms. The molecule has 0 unspecified atom stereocenters. The smallest absolute Gasteiger partial charge is 0.142 e. The number of para-hydroxylation sites is 2. The number of β-amino-alcohol motifs (C(OH)–C–C–N with tert-alkyl or cyclic N) is 1. The molecule has 134 valence electrons. The van der Waals surface area contributed by atoms with Crippen LogP contribution in [-0.2, 0) is 6.42 Å². The minimum Gasteiger partial charge on any atom is -0.495 e. The average molecular weight is 340 g/mol.